The van der Waals surface area contributed by atoms with Crippen LogP contribution < -0.4 is 5.73 Å². The van der Waals surface area contributed by atoms with Crippen LogP contribution in [0.15, 0.2) is 24.3 Å². The predicted molar refractivity (Wildman–Crippen MR) is 69.7 cm³/mol. The molecule has 0 aliphatic rings. The SMILES string of the molecule is Cc1ccc(C(N)C(C)S(C)(=O)=O)cc1.Cl. The van der Waals surface area contributed by atoms with Crippen LogP contribution in [0.1, 0.15) is 24.1 Å². The van der Waals surface area contributed by atoms with Gasteiger partial charge in [0, 0.05) is 12.3 Å². The van der Waals surface area contributed by atoms with Crippen molar-refractivity contribution in [2.45, 2.75) is 25.1 Å². The molecule has 0 bridgehead atoms. The van der Waals surface area contributed by atoms with E-state index in [1.54, 1.807) is 6.92 Å². The zero-order valence-electron chi connectivity index (χ0n) is 9.67. The summed E-state index contributed by atoms with van der Waals surface area (Å²) in [5.41, 5.74) is 7.89. The number of hydrogen-bond donors (Lipinski definition) is 1. The Labute approximate surface area is 103 Å². The van der Waals surface area contributed by atoms with E-state index in [1.807, 2.05) is 31.2 Å². The van der Waals surface area contributed by atoms with Gasteiger partial charge in [-0.1, -0.05) is 29.8 Å². The Balaban J connectivity index is 0.00000225. The number of halogens is 1. The second-order valence-electron chi connectivity index (χ2n) is 3.97. The van der Waals surface area contributed by atoms with Crippen LogP contribution >= 0.6 is 12.4 Å². The van der Waals surface area contributed by atoms with Crippen molar-refractivity contribution in [2.24, 2.45) is 5.73 Å². The van der Waals surface area contributed by atoms with Gasteiger partial charge < -0.3 is 5.73 Å². The maximum absolute atomic E-state index is 11.3. The average molecular weight is 264 g/mol. The zero-order valence-corrected chi connectivity index (χ0v) is 11.3. The van der Waals surface area contributed by atoms with Gasteiger partial charge in [0.05, 0.1) is 5.25 Å². The molecule has 92 valence electrons. The number of hydrogen-bond acceptors (Lipinski definition) is 3. The minimum Gasteiger partial charge on any atom is -0.323 e. The van der Waals surface area contributed by atoms with Crippen molar-refractivity contribution in [3.05, 3.63) is 35.4 Å². The molecule has 0 aliphatic heterocycles. The van der Waals surface area contributed by atoms with Gasteiger partial charge in [-0.25, -0.2) is 8.42 Å². The number of benzene rings is 1. The third-order valence-electron chi connectivity index (χ3n) is 2.64. The summed E-state index contributed by atoms with van der Waals surface area (Å²) in [5, 5.41) is -0.555. The fourth-order valence-electron chi connectivity index (χ4n) is 1.33. The van der Waals surface area contributed by atoms with E-state index in [0.29, 0.717) is 0 Å². The number of nitrogens with two attached hydrogens (primary N) is 1. The molecule has 2 N–H and O–H groups in total. The highest BCUT2D eigenvalue weighted by Crippen LogP contribution is 2.19. The van der Waals surface area contributed by atoms with E-state index in [2.05, 4.69) is 0 Å². The van der Waals surface area contributed by atoms with Crippen LogP contribution in [0.3, 0.4) is 0 Å². The maximum atomic E-state index is 11.3. The Morgan fingerprint density at radius 3 is 2.00 bits per heavy atom. The highest BCUT2D eigenvalue weighted by atomic mass is 35.5. The van der Waals surface area contributed by atoms with E-state index in [0.717, 1.165) is 11.1 Å². The molecule has 1 aromatic rings. The van der Waals surface area contributed by atoms with E-state index in [4.69, 9.17) is 5.73 Å². The molecule has 16 heavy (non-hydrogen) atoms. The molecule has 2 atom stereocenters. The van der Waals surface area contributed by atoms with Crippen molar-refractivity contribution < 1.29 is 8.42 Å². The van der Waals surface area contributed by atoms with Crippen molar-refractivity contribution in [2.75, 3.05) is 6.26 Å². The first-order valence-corrected chi connectivity index (χ1v) is 6.79. The molecule has 1 rings (SSSR count). The van der Waals surface area contributed by atoms with Crippen molar-refractivity contribution in [3.8, 4) is 0 Å². The third kappa shape index (κ3) is 3.77. The number of sulfone groups is 1. The molecule has 0 amide bonds. The van der Waals surface area contributed by atoms with E-state index in [-0.39, 0.29) is 12.4 Å². The van der Waals surface area contributed by atoms with Gasteiger partial charge >= 0.3 is 0 Å². The highest BCUT2D eigenvalue weighted by molar-refractivity contribution is 7.91. The molecular weight excluding hydrogens is 246 g/mol. The van der Waals surface area contributed by atoms with Crippen molar-refractivity contribution in [1.82, 2.24) is 0 Å². The topological polar surface area (TPSA) is 60.2 Å². The van der Waals surface area contributed by atoms with E-state index in [9.17, 15) is 8.42 Å². The van der Waals surface area contributed by atoms with E-state index >= 15 is 0 Å². The summed E-state index contributed by atoms with van der Waals surface area (Å²) in [7, 11) is -3.09. The smallest absolute Gasteiger partial charge is 0.151 e. The molecule has 0 spiro atoms. The van der Waals surface area contributed by atoms with Gasteiger partial charge in [-0.2, -0.15) is 0 Å². The number of rotatable bonds is 3. The molecule has 0 saturated heterocycles. The summed E-state index contributed by atoms with van der Waals surface area (Å²) in [6.45, 7) is 3.62. The van der Waals surface area contributed by atoms with Crippen LogP contribution in [0, 0.1) is 6.92 Å². The lowest BCUT2D eigenvalue weighted by Crippen LogP contribution is -2.30. The largest absolute Gasteiger partial charge is 0.323 e. The van der Waals surface area contributed by atoms with Crippen LogP contribution in [-0.4, -0.2) is 19.9 Å². The summed E-state index contributed by atoms with van der Waals surface area (Å²) in [5.74, 6) is 0. The Morgan fingerprint density at radius 1 is 1.19 bits per heavy atom. The van der Waals surface area contributed by atoms with E-state index in [1.165, 1.54) is 6.26 Å². The predicted octanol–water partition coefficient (Wildman–Crippen LogP) is 1.85. The Kier molecular flexibility index (Phi) is 5.46. The van der Waals surface area contributed by atoms with Gasteiger partial charge in [-0.05, 0) is 19.4 Å². The molecule has 3 nitrogen and oxygen atoms in total. The highest BCUT2D eigenvalue weighted by Gasteiger charge is 2.23. The standard InChI is InChI=1S/C11H17NO2S.ClH/c1-8-4-6-10(7-5-8)11(12)9(2)15(3,13)14;/h4-7,9,11H,12H2,1-3H3;1H. The molecule has 0 saturated carbocycles. The molecule has 0 fully saturated rings. The summed E-state index contributed by atoms with van der Waals surface area (Å²) >= 11 is 0. The molecular formula is C11H18ClNO2S. The number of aryl methyl sites for hydroxylation is 1. The quantitative estimate of drug-likeness (QED) is 0.905. The Morgan fingerprint density at radius 2 is 1.62 bits per heavy atom. The lowest BCUT2D eigenvalue weighted by atomic mass is 10.0. The lowest BCUT2D eigenvalue weighted by Gasteiger charge is -2.18. The molecule has 0 heterocycles. The van der Waals surface area contributed by atoms with Crippen LogP contribution in [-0.2, 0) is 9.84 Å². The normalized spacial score (nSPS) is 15.0. The van der Waals surface area contributed by atoms with Crippen molar-refractivity contribution in [3.63, 3.8) is 0 Å². The minimum atomic E-state index is -3.09. The second-order valence-corrected chi connectivity index (χ2v) is 6.37. The summed E-state index contributed by atoms with van der Waals surface area (Å²) in [6, 6.07) is 7.16. The average Bonchev–Trinajstić information content (AvgIpc) is 2.15. The van der Waals surface area contributed by atoms with Crippen molar-refractivity contribution >= 4 is 22.2 Å². The van der Waals surface area contributed by atoms with Crippen LogP contribution in [0.25, 0.3) is 0 Å². The Bertz CT molecular complexity index is 428. The molecule has 5 heteroatoms. The molecule has 0 radical (unpaired) electrons. The molecule has 1 aromatic carbocycles. The molecule has 2 unspecified atom stereocenters. The van der Waals surface area contributed by atoms with E-state index < -0.39 is 21.1 Å². The first kappa shape index (κ1) is 15.4. The van der Waals surface area contributed by atoms with Gasteiger partial charge in [-0.3, -0.25) is 0 Å². The summed E-state index contributed by atoms with van der Waals surface area (Å²) in [4.78, 5) is 0. The fraction of sp³-hybridized carbons (Fsp3) is 0.455. The van der Waals surface area contributed by atoms with Gasteiger partial charge in [0.15, 0.2) is 9.84 Å². The third-order valence-corrected chi connectivity index (χ3v) is 4.29. The lowest BCUT2D eigenvalue weighted by molar-refractivity contribution is 0.571. The van der Waals surface area contributed by atoms with Gasteiger partial charge in [0.25, 0.3) is 0 Å². The Hall–Kier alpha value is -0.580. The summed E-state index contributed by atoms with van der Waals surface area (Å²) < 4.78 is 22.7. The van der Waals surface area contributed by atoms with Gasteiger partial charge in [0.1, 0.15) is 0 Å². The maximum Gasteiger partial charge on any atom is 0.151 e. The van der Waals surface area contributed by atoms with Gasteiger partial charge in [-0.15, -0.1) is 12.4 Å². The molecule has 0 aromatic heterocycles. The van der Waals surface area contributed by atoms with Crippen molar-refractivity contribution in [1.29, 1.82) is 0 Å². The van der Waals surface area contributed by atoms with Gasteiger partial charge in [0.2, 0.25) is 0 Å². The fourth-order valence-corrected chi connectivity index (χ4v) is 2.02. The zero-order chi connectivity index (χ0) is 11.6. The minimum absolute atomic E-state index is 0. The summed E-state index contributed by atoms with van der Waals surface area (Å²) in [6.07, 6.45) is 1.21. The monoisotopic (exact) mass is 263 g/mol. The first-order valence-electron chi connectivity index (χ1n) is 4.83. The van der Waals surface area contributed by atoms with Crippen LogP contribution in [0.4, 0.5) is 0 Å². The second kappa shape index (κ2) is 5.66. The first-order chi connectivity index (χ1) is 6.82. The van der Waals surface area contributed by atoms with Crippen LogP contribution in [0.5, 0.6) is 0 Å². The molecule has 0 aliphatic carbocycles. The van der Waals surface area contributed by atoms with Crippen LogP contribution in [0.2, 0.25) is 0 Å².